The van der Waals surface area contributed by atoms with Gasteiger partial charge < -0.3 is 9.84 Å². The van der Waals surface area contributed by atoms with Gasteiger partial charge in [-0.2, -0.15) is 5.10 Å². The Morgan fingerprint density at radius 1 is 1.12 bits per heavy atom. The van der Waals surface area contributed by atoms with E-state index in [1.165, 1.54) is 18.3 Å². The van der Waals surface area contributed by atoms with Gasteiger partial charge in [0.15, 0.2) is 6.61 Å². The van der Waals surface area contributed by atoms with Gasteiger partial charge in [0, 0.05) is 0 Å². The minimum atomic E-state index is -0.990. The molecule has 0 unspecified atom stereocenters. The maximum atomic E-state index is 11.7. The van der Waals surface area contributed by atoms with Crippen molar-refractivity contribution >= 4 is 18.1 Å². The monoisotopic (exact) mass is 326 g/mol. The van der Waals surface area contributed by atoms with Gasteiger partial charge in [-0.1, -0.05) is 18.2 Å². The molecule has 2 aromatic carbocycles. The molecule has 0 aromatic heterocycles. The first kappa shape index (κ1) is 17.2. The number of aromatic carboxylic acids is 1. The molecule has 0 saturated carbocycles. The molecule has 24 heavy (non-hydrogen) atoms. The highest BCUT2D eigenvalue weighted by molar-refractivity contribution is 5.89. The maximum absolute atomic E-state index is 11.7. The third-order valence-corrected chi connectivity index (χ3v) is 3.13. The molecule has 0 atom stereocenters. The second-order valence-corrected chi connectivity index (χ2v) is 5.33. The maximum Gasteiger partial charge on any atom is 0.335 e. The van der Waals surface area contributed by atoms with Crippen molar-refractivity contribution in [3.63, 3.8) is 0 Å². The van der Waals surface area contributed by atoms with E-state index in [1.54, 1.807) is 12.1 Å². The summed E-state index contributed by atoms with van der Waals surface area (Å²) in [7, 11) is 0. The number of carboxylic acid groups (broad SMARTS) is 1. The molecule has 124 valence electrons. The summed E-state index contributed by atoms with van der Waals surface area (Å²) in [6.45, 7) is 3.78. The van der Waals surface area contributed by atoms with Crippen molar-refractivity contribution in [1.29, 1.82) is 0 Å². The molecule has 0 heterocycles. The van der Waals surface area contributed by atoms with Crippen molar-refractivity contribution in [3.05, 3.63) is 64.7 Å². The van der Waals surface area contributed by atoms with E-state index in [0.29, 0.717) is 11.3 Å². The number of rotatable bonds is 6. The highest BCUT2D eigenvalue weighted by atomic mass is 16.5. The van der Waals surface area contributed by atoms with Gasteiger partial charge >= 0.3 is 5.97 Å². The molecule has 2 N–H and O–H groups in total. The van der Waals surface area contributed by atoms with Crippen molar-refractivity contribution in [2.24, 2.45) is 5.10 Å². The smallest absolute Gasteiger partial charge is 0.335 e. The van der Waals surface area contributed by atoms with Crippen molar-refractivity contribution in [3.8, 4) is 5.75 Å². The van der Waals surface area contributed by atoms with Crippen LogP contribution >= 0.6 is 0 Å². The van der Waals surface area contributed by atoms with Crippen molar-refractivity contribution in [2.75, 3.05) is 6.61 Å². The summed E-state index contributed by atoms with van der Waals surface area (Å²) in [5.41, 5.74) is 5.35. The van der Waals surface area contributed by atoms with Crippen LogP contribution in [0.5, 0.6) is 5.75 Å². The lowest BCUT2D eigenvalue weighted by Gasteiger charge is -2.07. The van der Waals surface area contributed by atoms with Gasteiger partial charge in [-0.3, -0.25) is 4.79 Å². The van der Waals surface area contributed by atoms with Gasteiger partial charge in [-0.05, 0) is 54.8 Å². The summed E-state index contributed by atoms with van der Waals surface area (Å²) < 4.78 is 5.42. The zero-order valence-electron chi connectivity index (χ0n) is 13.4. The van der Waals surface area contributed by atoms with Crippen molar-refractivity contribution in [2.45, 2.75) is 13.8 Å². The topological polar surface area (TPSA) is 88.0 Å². The number of carboxylic acids is 1. The van der Waals surface area contributed by atoms with E-state index in [0.717, 1.165) is 11.1 Å². The number of hydrogen-bond acceptors (Lipinski definition) is 4. The number of nitrogens with zero attached hydrogens (tertiary/aromatic N) is 1. The molecule has 6 nitrogen and oxygen atoms in total. The Hall–Kier alpha value is -3.15. The van der Waals surface area contributed by atoms with E-state index >= 15 is 0 Å². The lowest BCUT2D eigenvalue weighted by atomic mass is 10.1. The fourth-order valence-corrected chi connectivity index (χ4v) is 2.09. The van der Waals surface area contributed by atoms with Crippen LogP contribution in [0.1, 0.15) is 27.0 Å². The SMILES string of the molecule is Cc1cc(C)cc(OCC(=O)N/N=C/c2ccc(C(=O)O)cc2)c1. The molecule has 0 aliphatic carbocycles. The summed E-state index contributed by atoms with van der Waals surface area (Å²) in [6.07, 6.45) is 1.43. The van der Waals surface area contributed by atoms with Crippen LogP contribution in [-0.4, -0.2) is 29.8 Å². The van der Waals surface area contributed by atoms with Crippen LogP contribution in [0, 0.1) is 13.8 Å². The predicted molar refractivity (Wildman–Crippen MR) is 90.5 cm³/mol. The summed E-state index contributed by atoms with van der Waals surface area (Å²) in [5, 5.41) is 12.6. The minimum absolute atomic E-state index is 0.141. The van der Waals surface area contributed by atoms with Crippen LogP contribution in [0.4, 0.5) is 0 Å². The summed E-state index contributed by atoms with van der Waals surface area (Å²) >= 11 is 0. The van der Waals surface area contributed by atoms with Gasteiger partial charge in [-0.15, -0.1) is 0 Å². The molecule has 0 aliphatic heterocycles. The number of ether oxygens (including phenoxy) is 1. The van der Waals surface area contributed by atoms with Crippen LogP contribution in [0.25, 0.3) is 0 Å². The Labute approximate surface area is 139 Å². The summed E-state index contributed by atoms with van der Waals surface area (Å²) in [6, 6.07) is 11.9. The molecule has 0 fully saturated rings. The van der Waals surface area contributed by atoms with E-state index in [-0.39, 0.29) is 18.1 Å². The molecule has 0 radical (unpaired) electrons. The van der Waals surface area contributed by atoms with E-state index in [2.05, 4.69) is 10.5 Å². The number of carbonyl (C=O) groups is 2. The first-order valence-electron chi connectivity index (χ1n) is 7.30. The molecule has 2 rings (SSSR count). The summed E-state index contributed by atoms with van der Waals surface area (Å²) in [4.78, 5) is 22.4. The van der Waals surface area contributed by atoms with Crippen LogP contribution in [0.15, 0.2) is 47.6 Å². The Kier molecular flexibility index (Phi) is 5.68. The Bertz CT molecular complexity index is 747. The number of aryl methyl sites for hydroxylation is 2. The minimum Gasteiger partial charge on any atom is -0.484 e. The molecule has 0 aliphatic rings. The van der Waals surface area contributed by atoms with Crippen LogP contribution < -0.4 is 10.2 Å². The van der Waals surface area contributed by atoms with E-state index in [9.17, 15) is 9.59 Å². The zero-order valence-corrected chi connectivity index (χ0v) is 13.4. The lowest BCUT2D eigenvalue weighted by molar-refractivity contribution is -0.123. The molecular formula is C18H18N2O4. The molecular weight excluding hydrogens is 308 g/mol. The Morgan fingerprint density at radius 2 is 1.75 bits per heavy atom. The molecule has 2 aromatic rings. The van der Waals surface area contributed by atoms with Gasteiger partial charge in [-0.25, -0.2) is 10.2 Å². The van der Waals surface area contributed by atoms with Gasteiger partial charge in [0.1, 0.15) is 5.75 Å². The third kappa shape index (κ3) is 5.24. The van der Waals surface area contributed by atoms with E-state index in [1.807, 2.05) is 32.0 Å². The lowest BCUT2D eigenvalue weighted by Crippen LogP contribution is -2.24. The highest BCUT2D eigenvalue weighted by Gasteiger charge is 2.03. The number of hydrogen-bond donors (Lipinski definition) is 2. The fourth-order valence-electron chi connectivity index (χ4n) is 2.09. The van der Waals surface area contributed by atoms with E-state index in [4.69, 9.17) is 9.84 Å². The Balaban J connectivity index is 1.83. The molecule has 1 amide bonds. The molecule has 0 bridgehead atoms. The van der Waals surface area contributed by atoms with Crippen molar-refractivity contribution in [1.82, 2.24) is 5.43 Å². The Morgan fingerprint density at radius 3 is 2.33 bits per heavy atom. The van der Waals surface area contributed by atoms with Crippen molar-refractivity contribution < 1.29 is 19.4 Å². The standard InChI is InChI=1S/C18H18N2O4/c1-12-7-13(2)9-16(8-12)24-11-17(21)20-19-10-14-3-5-15(6-4-14)18(22)23/h3-10H,11H2,1-2H3,(H,20,21)(H,22,23)/b19-10+. The normalized spacial score (nSPS) is 10.6. The number of benzene rings is 2. The van der Waals surface area contributed by atoms with Gasteiger partial charge in [0.05, 0.1) is 11.8 Å². The second kappa shape index (κ2) is 7.92. The predicted octanol–water partition coefficient (Wildman–Crippen LogP) is 2.53. The number of hydrazone groups is 1. The number of amides is 1. The molecule has 0 spiro atoms. The van der Waals surface area contributed by atoms with Gasteiger partial charge in [0.2, 0.25) is 0 Å². The largest absolute Gasteiger partial charge is 0.484 e. The van der Waals surface area contributed by atoms with Crippen LogP contribution in [-0.2, 0) is 4.79 Å². The fraction of sp³-hybridized carbons (Fsp3) is 0.167. The first-order valence-corrected chi connectivity index (χ1v) is 7.30. The second-order valence-electron chi connectivity index (χ2n) is 5.33. The van der Waals surface area contributed by atoms with Crippen LogP contribution in [0.3, 0.4) is 0 Å². The number of nitrogens with one attached hydrogen (secondary N) is 1. The zero-order chi connectivity index (χ0) is 17.5. The molecule has 6 heteroatoms. The first-order chi connectivity index (χ1) is 11.4. The van der Waals surface area contributed by atoms with Gasteiger partial charge in [0.25, 0.3) is 5.91 Å². The average Bonchev–Trinajstić information content (AvgIpc) is 2.52. The van der Waals surface area contributed by atoms with E-state index < -0.39 is 5.97 Å². The quantitative estimate of drug-likeness (QED) is 0.631. The number of carbonyl (C=O) groups excluding carboxylic acids is 1. The molecule has 0 saturated heterocycles. The van der Waals surface area contributed by atoms with Crippen LogP contribution in [0.2, 0.25) is 0 Å². The average molecular weight is 326 g/mol. The third-order valence-electron chi connectivity index (χ3n) is 3.13. The highest BCUT2D eigenvalue weighted by Crippen LogP contribution is 2.15. The summed E-state index contributed by atoms with van der Waals surface area (Å²) in [5.74, 6) is -0.737.